The Bertz CT molecular complexity index is 654. The average Bonchev–Trinajstić information content (AvgIpc) is 3.07. The molecule has 1 aromatic rings. The molecule has 1 aromatic carbocycles. The van der Waals surface area contributed by atoms with Crippen LogP contribution in [0, 0.1) is 0 Å². The first-order valence-electron chi connectivity index (χ1n) is 8.77. The van der Waals surface area contributed by atoms with Crippen molar-refractivity contribution in [2.24, 2.45) is 4.99 Å². The molecule has 1 aliphatic heterocycles. The van der Waals surface area contributed by atoms with Crippen LogP contribution in [0.5, 0.6) is 0 Å². The van der Waals surface area contributed by atoms with Gasteiger partial charge in [-0.05, 0) is 44.0 Å². The van der Waals surface area contributed by atoms with E-state index >= 15 is 0 Å². The summed E-state index contributed by atoms with van der Waals surface area (Å²) in [5.74, 6) is 0.163. The number of rotatable bonds is 6. The predicted octanol–water partition coefficient (Wildman–Crippen LogP) is 2.17. The zero-order valence-corrected chi connectivity index (χ0v) is 15.4. The normalized spacial score (nSPS) is 20.4. The van der Waals surface area contributed by atoms with Gasteiger partial charge in [-0.1, -0.05) is 0 Å². The van der Waals surface area contributed by atoms with E-state index < -0.39 is 17.6 Å². The maximum Gasteiger partial charge on any atom is 0.416 e. The van der Waals surface area contributed by atoms with Gasteiger partial charge >= 0.3 is 6.18 Å². The lowest BCUT2D eigenvalue weighted by atomic mass is 10.0. The molecule has 0 bridgehead atoms. The van der Waals surface area contributed by atoms with Crippen LogP contribution in [0.2, 0.25) is 0 Å². The molecule has 6 nitrogen and oxygen atoms in total. The van der Waals surface area contributed by atoms with Crippen molar-refractivity contribution >= 4 is 11.9 Å². The highest BCUT2D eigenvalue weighted by molar-refractivity contribution is 5.94. The van der Waals surface area contributed by atoms with E-state index in [4.69, 9.17) is 4.74 Å². The third-order valence-electron chi connectivity index (χ3n) is 4.33. The Morgan fingerprint density at radius 1 is 1.19 bits per heavy atom. The molecule has 1 aliphatic rings. The summed E-state index contributed by atoms with van der Waals surface area (Å²) in [5.41, 5.74) is -0.804. The Hall–Kier alpha value is -2.29. The Morgan fingerprint density at radius 2 is 1.85 bits per heavy atom. The Kier molecular flexibility index (Phi) is 7.06. The van der Waals surface area contributed by atoms with Gasteiger partial charge in [0.2, 0.25) is 0 Å². The van der Waals surface area contributed by atoms with Crippen LogP contribution >= 0.6 is 0 Å². The van der Waals surface area contributed by atoms with Crippen LogP contribution in [0.4, 0.5) is 13.2 Å². The number of aliphatic imine (C=N–C) groups is 1. The van der Waals surface area contributed by atoms with Gasteiger partial charge in [-0.15, -0.1) is 0 Å². The third-order valence-corrected chi connectivity index (χ3v) is 4.33. The fourth-order valence-electron chi connectivity index (χ4n) is 2.74. The second-order valence-corrected chi connectivity index (χ2v) is 6.59. The first kappa shape index (κ1) is 21.0. The maximum absolute atomic E-state index is 12.5. The first-order valence-corrected chi connectivity index (χ1v) is 8.77. The minimum absolute atomic E-state index is 0.178. The lowest BCUT2D eigenvalue weighted by Gasteiger charge is -2.24. The number of halogens is 3. The molecule has 2 rings (SSSR count). The molecule has 0 saturated carbocycles. The van der Waals surface area contributed by atoms with E-state index in [0.717, 1.165) is 43.7 Å². The van der Waals surface area contributed by atoms with Crippen LogP contribution in [0.1, 0.15) is 35.7 Å². The van der Waals surface area contributed by atoms with Gasteiger partial charge in [-0.2, -0.15) is 13.2 Å². The summed E-state index contributed by atoms with van der Waals surface area (Å²) >= 11 is 0. The maximum atomic E-state index is 12.5. The Morgan fingerprint density at radius 3 is 2.41 bits per heavy atom. The van der Waals surface area contributed by atoms with E-state index in [0.29, 0.717) is 25.6 Å². The quantitative estimate of drug-likeness (QED) is 0.398. The zero-order valence-electron chi connectivity index (χ0n) is 15.4. The second-order valence-electron chi connectivity index (χ2n) is 6.59. The minimum atomic E-state index is -4.41. The van der Waals surface area contributed by atoms with Crippen LogP contribution in [0.25, 0.3) is 0 Å². The van der Waals surface area contributed by atoms with Gasteiger partial charge in [0.1, 0.15) is 0 Å². The predicted molar refractivity (Wildman–Crippen MR) is 96.7 cm³/mol. The minimum Gasteiger partial charge on any atom is -0.373 e. The van der Waals surface area contributed by atoms with Crippen LogP contribution in [0.3, 0.4) is 0 Å². The van der Waals surface area contributed by atoms with E-state index in [-0.39, 0.29) is 11.2 Å². The number of nitrogens with zero attached hydrogens (tertiary/aromatic N) is 1. The van der Waals surface area contributed by atoms with Gasteiger partial charge in [0.15, 0.2) is 5.96 Å². The fourth-order valence-corrected chi connectivity index (χ4v) is 2.74. The molecular formula is C18H25F3N4O2. The number of hydrogen-bond donors (Lipinski definition) is 3. The van der Waals surface area contributed by atoms with E-state index in [1.165, 1.54) is 0 Å². The summed E-state index contributed by atoms with van der Waals surface area (Å²) in [6, 6.07) is 4.11. The molecule has 1 saturated heterocycles. The summed E-state index contributed by atoms with van der Waals surface area (Å²) in [4.78, 5) is 16.1. The van der Waals surface area contributed by atoms with Gasteiger partial charge in [0, 0.05) is 38.9 Å². The van der Waals surface area contributed by atoms with Crippen LogP contribution < -0.4 is 16.0 Å². The summed E-state index contributed by atoms with van der Waals surface area (Å²) in [6.07, 6.45) is -2.39. The number of hydrogen-bond acceptors (Lipinski definition) is 3. The molecule has 3 N–H and O–H groups in total. The Balaban J connectivity index is 1.71. The SMILES string of the molecule is CN=C(NCCNC(=O)c1ccc(C(F)(F)F)cc1)NCC1(C)CCCO1. The van der Waals surface area contributed by atoms with E-state index in [1.807, 2.05) is 6.92 Å². The molecule has 1 heterocycles. The molecule has 0 radical (unpaired) electrons. The summed E-state index contributed by atoms with van der Waals surface area (Å²) < 4.78 is 43.3. The topological polar surface area (TPSA) is 74.8 Å². The molecule has 1 amide bonds. The molecule has 0 aliphatic carbocycles. The van der Waals surface area contributed by atoms with Gasteiger partial charge in [-0.3, -0.25) is 9.79 Å². The molecule has 150 valence electrons. The molecule has 1 fully saturated rings. The van der Waals surface area contributed by atoms with Crippen molar-refractivity contribution in [2.45, 2.75) is 31.5 Å². The number of nitrogens with one attached hydrogen (secondary N) is 3. The van der Waals surface area contributed by atoms with Crippen molar-refractivity contribution in [3.05, 3.63) is 35.4 Å². The van der Waals surface area contributed by atoms with E-state index in [2.05, 4.69) is 20.9 Å². The van der Waals surface area contributed by atoms with Crippen LogP contribution in [-0.2, 0) is 10.9 Å². The molecule has 27 heavy (non-hydrogen) atoms. The van der Waals surface area contributed by atoms with Crippen molar-refractivity contribution in [3.63, 3.8) is 0 Å². The summed E-state index contributed by atoms with van der Waals surface area (Å²) in [7, 11) is 1.65. The van der Waals surface area contributed by atoms with E-state index in [1.54, 1.807) is 7.05 Å². The smallest absolute Gasteiger partial charge is 0.373 e. The molecule has 0 aromatic heterocycles. The standard InChI is InChI=1S/C18H25F3N4O2/c1-17(8-3-11-27-17)12-25-16(22-2)24-10-9-23-15(26)13-4-6-14(7-5-13)18(19,20)21/h4-7H,3,8-12H2,1-2H3,(H,23,26)(H2,22,24,25). The fraction of sp³-hybridized carbons (Fsp3) is 0.556. The van der Waals surface area contributed by atoms with Crippen molar-refractivity contribution in [3.8, 4) is 0 Å². The average molecular weight is 386 g/mol. The third kappa shape index (κ3) is 6.42. The molecular weight excluding hydrogens is 361 g/mol. The summed E-state index contributed by atoms with van der Waals surface area (Å²) in [5, 5.41) is 8.90. The van der Waals surface area contributed by atoms with Gasteiger partial charge in [-0.25, -0.2) is 0 Å². The lowest BCUT2D eigenvalue weighted by Crippen LogP contribution is -2.47. The number of amides is 1. The molecule has 1 atom stereocenters. The second kappa shape index (κ2) is 9.07. The van der Waals surface area contributed by atoms with Gasteiger partial charge < -0.3 is 20.7 Å². The van der Waals surface area contributed by atoms with Crippen LogP contribution in [0.15, 0.2) is 29.3 Å². The Labute approximate surface area is 156 Å². The van der Waals surface area contributed by atoms with Crippen molar-refractivity contribution in [1.82, 2.24) is 16.0 Å². The van der Waals surface area contributed by atoms with Crippen molar-refractivity contribution < 1.29 is 22.7 Å². The highest BCUT2D eigenvalue weighted by Crippen LogP contribution is 2.29. The highest BCUT2D eigenvalue weighted by atomic mass is 19.4. The van der Waals surface area contributed by atoms with Crippen LogP contribution in [-0.4, -0.2) is 50.8 Å². The number of benzene rings is 1. The van der Waals surface area contributed by atoms with Gasteiger partial charge in [0.25, 0.3) is 5.91 Å². The molecule has 1 unspecified atom stereocenters. The lowest BCUT2D eigenvalue weighted by molar-refractivity contribution is -0.137. The van der Waals surface area contributed by atoms with E-state index in [9.17, 15) is 18.0 Å². The number of carbonyl (C=O) groups excluding carboxylic acids is 1. The van der Waals surface area contributed by atoms with Crippen molar-refractivity contribution in [1.29, 1.82) is 0 Å². The molecule has 9 heteroatoms. The largest absolute Gasteiger partial charge is 0.416 e. The highest BCUT2D eigenvalue weighted by Gasteiger charge is 2.30. The molecule has 0 spiro atoms. The number of ether oxygens (including phenoxy) is 1. The zero-order chi connectivity index (χ0) is 19.9. The monoisotopic (exact) mass is 386 g/mol. The number of guanidine groups is 1. The van der Waals surface area contributed by atoms with Crippen molar-refractivity contribution in [2.75, 3.05) is 33.3 Å². The van der Waals surface area contributed by atoms with Gasteiger partial charge in [0.05, 0.1) is 11.2 Å². The number of alkyl halides is 3. The first-order chi connectivity index (χ1) is 12.7. The summed E-state index contributed by atoms with van der Waals surface area (Å²) in [6.45, 7) is 4.16. The number of carbonyl (C=O) groups is 1.